The van der Waals surface area contributed by atoms with Gasteiger partial charge in [0.2, 0.25) is 0 Å². The molecule has 2 N–H and O–H groups in total. The Balaban J connectivity index is 2.27. The third-order valence-corrected chi connectivity index (χ3v) is 5.40. The third-order valence-electron chi connectivity index (χ3n) is 4.02. The molecular weight excluding hydrogens is 414 g/mol. The van der Waals surface area contributed by atoms with Gasteiger partial charge in [-0.05, 0) is 44.2 Å². The second-order valence-electron chi connectivity index (χ2n) is 7.25. The smallest absolute Gasteiger partial charge is 0.271 e. The van der Waals surface area contributed by atoms with E-state index in [1.54, 1.807) is 13.8 Å². The first-order valence-electron chi connectivity index (χ1n) is 8.77. The van der Waals surface area contributed by atoms with E-state index in [2.05, 4.69) is 4.72 Å². The number of nitro groups is 1. The SMILES string of the molecule is COc1ccc([N+](=O)[O-])cc1NS(=O)(=O)c1ccc(C(=O)N(C)CC(C)(C)O)cc1. The molecule has 0 spiro atoms. The van der Waals surface area contributed by atoms with Crippen LogP contribution in [0.1, 0.15) is 24.2 Å². The van der Waals surface area contributed by atoms with E-state index < -0.39 is 20.5 Å². The number of nitrogens with zero attached hydrogens (tertiary/aromatic N) is 2. The number of aliphatic hydroxyl groups is 1. The summed E-state index contributed by atoms with van der Waals surface area (Å²) in [6.07, 6.45) is 0. The molecule has 0 saturated heterocycles. The summed E-state index contributed by atoms with van der Waals surface area (Å²) < 4.78 is 32.7. The van der Waals surface area contributed by atoms with Crippen LogP contribution in [0.15, 0.2) is 47.4 Å². The Morgan fingerprint density at radius 2 is 1.83 bits per heavy atom. The first-order valence-corrected chi connectivity index (χ1v) is 10.3. The standard InChI is InChI=1S/C19H23N3O7S/c1-19(2,24)12-21(3)18(23)13-5-8-15(9-6-13)30(27,28)20-16-11-14(22(25)26)7-10-17(16)29-4/h5-11,20,24H,12H2,1-4H3. The van der Waals surface area contributed by atoms with E-state index in [1.165, 1.54) is 55.5 Å². The van der Waals surface area contributed by atoms with E-state index in [4.69, 9.17) is 4.74 Å². The average Bonchev–Trinajstić information content (AvgIpc) is 2.65. The lowest BCUT2D eigenvalue weighted by Gasteiger charge is -2.25. The number of amides is 1. The number of nitrogens with one attached hydrogen (secondary N) is 1. The summed E-state index contributed by atoms with van der Waals surface area (Å²) in [7, 11) is -1.26. The van der Waals surface area contributed by atoms with Crippen LogP contribution in [0.2, 0.25) is 0 Å². The van der Waals surface area contributed by atoms with Gasteiger partial charge >= 0.3 is 0 Å². The van der Waals surface area contributed by atoms with Gasteiger partial charge in [0.15, 0.2) is 0 Å². The van der Waals surface area contributed by atoms with Crippen molar-refractivity contribution in [2.45, 2.75) is 24.3 Å². The quantitative estimate of drug-likeness (QED) is 0.477. The van der Waals surface area contributed by atoms with Gasteiger partial charge in [0.25, 0.3) is 21.6 Å². The van der Waals surface area contributed by atoms with Crippen LogP contribution in [0.3, 0.4) is 0 Å². The lowest BCUT2D eigenvalue weighted by atomic mass is 10.1. The van der Waals surface area contributed by atoms with Gasteiger partial charge in [-0.15, -0.1) is 0 Å². The highest BCUT2D eigenvalue weighted by Crippen LogP contribution is 2.30. The van der Waals surface area contributed by atoms with E-state index in [1.807, 2.05) is 0 Å². The first-order chi connectivity index (χ1) is 13.8. The number of anilines is 1. The van der Waals surface area contributed by atoms with Crippen LogP contribution >= 0.6 is 0 Å². The van der Waals surface area contributed by atoms with Gasteiger partial charge in [-0.25, -0.2) is 8.42 Å². The molecule has 0 saturated carbocycles. The van der Waals surface area contributed by atoms with Gasteiger partial charge in [0.05, 0.1) is 28.2 Å². The monoisotopic (exact) mass is 437 g/mol. The van der Waals surface area contributed by atoms with Crippen molar-refractivity contribution in [3.8, 4) is 5.75 Å². The van der Waals surface area contributed by atoms with Gasteiger partial charge < -0.3 is 14.7 Å². The van der Waals surface area contributed by atoms with Gasteiger partial charge in [0.1, 0.15) is 5.75 Å². The molecule has 0 aliphatic rings. The summed E-state index contributed by atoms with van der Waals surface area (Å²) >= 11 is 0. The minimum absolute atomic E-state index is 0.0863. The van der Waals surface area contributed by atoms with Crippen LogP contribution in [-0.2, 0) is 10.0 Å². The normalized spacial score (nSPS) is 11.6. The Kier molecular flexibility index (Phi) is 6.68. The molecule has 162 valence electrons. The summed E-state index contributed by atoms with van der Waals surface area (Å²) in [5, 5.41) is 20.8. The van der Waals surface area contributed by atoms with Crippen molar-refractivity contribution >= 4 is 27.3 Å². The number of ether oxygens (including phenoxy) is 1. The van der Waals surface area contributed by atoms with Crippen LogP contribution in [0.5, 0.6) is 5.75 Å². The second-order valence-corrected chi connectivity index (χ2v) is 8.93. The number of benzene rings is 2. The number of rotatable bonds is 8. The van der Waals surface area contributed by atoms with Crippen molar-refractivity contribution in [1.82, 2.24) is 4.90 Å². The van der Waals surface area contributed by atoms with Crippen LogP contribution in [0, 0.1) is 10.1 Å². The molecule has 2 aromatic carbocycles. The zero-order chi connectivity index (χ0) is 22.7. The van der Waals surface area contributed by atoms with Crippen molar-refractivity contribution in [1.29, 1.82) is 0 Å². The fraction of sp³-hybridized carbons (Fsp3) is 0.316. The molecule has 0 aliphatic heterocycles. The molecule has 10 nitrogen and oxygen atoms in total. The van der Waals surface area contributed by atoms with Crippen molar-refractivity contribution in [2.24, 2.45) is 0 Å². The molecular formula is C19H23N3O7S. The molecule has 0 aromatic heterocycles. The lowest BCUT2D eigenvalue weighted by Crippen LogP contribution is -2.39. The number of sulfonamides is 1. The minimum atomic E-state index is -4.10. The maximum atomic E-state index is 12.7. The summed E-state index contributed by atoms with van der Waals surface area (Å²) in [5.41, 5.74) is -1.22. The summed E-state index contributed by atoms with van der Waals surface area (Å²) in [6, 6.07) is 8.73. The molecule has 0 fully saturated rings. The zero-order valence-electron chi connectivity index (χ0n) is 16.9. The van der Waals surface area contributed by atoms with Gasteiger partial charge in [-0.3, -0.25) is 19.6 Å². The minimum Gasteiger partial charge on any atom is -0.495 e. The fourth-order valence-electron chi connectivity index (χ4n) is 2.74. The highest BCUT2D eigenvalue weighted by molar-refractivity contribution is 7.92. The highest BCUT2D eigenvalue weighted by Gasteiger charge is 2.22. The van der Waals surface area contributed by atoms with Crippen molar-refractivity contribution < 1.29 is 28.0 Å². The fourth-order valence-corrected chi connectivity index (χ4v) is 3.80. The average molecular weight is 437 g/mol. The van der Waals surface area contributed by atoms with Crippen LogP contribution in [-0.4, -0.2) is 55.6 Å². The number of likely N-dealkylation sites (N-methyl/N-ethyl adjacent to an activating group) is 1. The molecule has 30 heavy (non-hydrogen) atoms. The molecule has 0 heterocycles. The molecule has 0 atom stereocenters. The van der Waals surface area contributed by atoms with Gasteiger partial charge in [-0.1, -0.05) is 0 Å². The summed E-state index contributed by atoms with van der Waals surface area (Å²) in [5.74, 6) is -0.265. The molecule has 11 heteroatoms. The molecule has 0 radical (unpaired) electrons. The Hall–Kier alpha value is -3.18. The van der Waals surface area contributed by atoms with Crippen LogP contribution < -0.4 is 9.46 Å². The number of carbonyl (C=O) groups excluding carboxylic acids is 1. The Morgan fingerprint density at radius 1 is 1.23 bits per heavy atom. The predicted octanol–water partition coefficient (Wildman–Crippen LogP) is 2.25. The largest absolute Gasteiger partial charge is 0.495 e. The Morgan fingerprint density at radius 3 is 2.33 bits per heavy atom. The van der Waals surface area contributed by atoms with E-state index in [0.717, 1.165) is 6.07 Å². The maximum absolute atomic E-state index is 12.7. The van der Waals surface area contributed by atoms with Gasteiger partial charge in [-0.2, -0.15) is 0 Å². The van der Waals surface area contributed by atoms with E-state index >= 15 is 0 Å². The molecule has 2 rings (SSSR count). The molecule has 0 aliphatic carbocycles. The number of non-ortho nitro benzene ring substituents is 1. The molecule has 2 aromatic rings. The van der Waals surface area contributed by atoms with E-state index in [0.29, 0.717) is 0 Å². The Bertz CT molecular complexity index is 1040. The predicted molar refractivity (Wildman–Crippen MR) is 110 cm³/mol. The highest BCUT2D eigenvalue weighted by atomic mass is 32.2. The van der Waals surface area contributed by atoms with Crippen LogP contribution in [0.4, 0.5) is 11.4 Å². The van der Waals surface area contributed by atoms with E-state index in [9.17, 15) is 28.4 Å². The van der Waals surface area contributed by atoms with Crippen molar-refractivity contribution in [3.63, 3.8) is 0 Å². The summed E-state index contributed by atoms with van der Waals surface area (Å²) in [4.78, 5) is 23.9. The van der Waals surface area contributed by atoms with E-state index in [-0.39, 0.29) is 40.0 Å². The summed E-state index contributed by atoms with van der Waals surface area (Å²) in [6.45, 7) is 3.24. The topological polar surface area (TPSA) is 139 Å². The number of methoxy groups -OCH3 is 1. The van der Waals surface area contributed by atoms with Crippen LogP contribution in [0.25, 0.3) is 0 Å². The number of hydrogen-bond donors (Lipinski definition) is 2. The molecule has 0 bridgehead atoms. The maximum Gasteiger partial charge on any atom is 0.271 e. The lowest BCUT2D eigenvalue weighted by molar-refractivity contribution is -0.384. The number of carbonyl (C=O) groups is 1. The van der Waals surface area contributed by atoms with Crippen molar-refractivity contribution in [3.05, 3.63) is 58.1 Å². The number of hydrogen-bond acceptors (Lipinski definition) is 7. The Labute approximate surface area is 174 Å². The zero-order valence-corrected chi connectivity index (χ0v) is 17.8. The molecule has 0 unspecified atom stereocenters. The third kappa shape index (κ3) is 5.67. The van der Waals surface area contributed by atoms with Gasteiger partial charge in [0, 0.05) is 31.3 Å². The first kappa shape index (κ1) is 23.1. The number of nitro benzene ring substituents is 1. The molecule has 1 amide bonds. The van der Waals surface area contributed by atoms with Crippen molar-refractivity contribution in [2.75, 3.05) is 25.4 Å². The second kappa shape index (κ2) is 8.67.